The lowest BCUT2D eigenvalue weighted by molar-refractivity contribution is -0.117. The van der Waals surface area contributed by atoms with Gasteiger partial charge in [-0.25, -0.2) is 0 Å². The van der Waals surface area contributed by atoms with Gasteiger partial charge in [0.2, 0.25) is 5.91 Å². The fourth-order valence-electron chi connectivity index (χ4n) is 2.12. The molecule has 0 saturated carbocycles. The Morgan fingerprint density at radius 1 is 1.30 bits per heavy atom. The Morgan fingerprint density at radius 2 is 1.90 bits per heavy atom. The number of nitrogens with one attached hydrogen (secondary N) is 1. The maximum atomic E-state index is 11.9. The minimum absolute atomic E-state index is 0.153. The molecule has 1 aromatic carbocycles. The first-order valence-electron chi connectivity index (χ1n) is 6.96. The minimum Gasteiger partial charge on any atom is -0.346 e. The summed E-state index contributed by atoms with van der Waals surface area (Å²) in [7, 11) is 0. The van der Waals surface area contributed by atoms with E-state index in [-0.39, 0.29) is 12.2 Å². The number of hydrogen-bond acceptors (Lipinski definition) is 4. The molecule has 1 aliphatic rings. The lowest BCUT2D eigenvalue weighted by Gasteiger charge is -2.15. The van der Waals surface area contributed by atoms with Crippen molar-refractivity contribution >= 4 is 11.6 Å². The first-order chi connectivity index (χ1) is 9.56. The fourth-order valence-corrected chi connectivity index (χ4v) is 2.12. The zero-order valence-electron chi connectivity index (χ0n) is 12.0. The Kier molecular flexibility index (Phi) is 5.11. The van der Waals surface area contributed by atoms with Gasteiger partial charge in [0.15, 0.2) is 6.29 Å². The third kappa shape index (κ3) is 4.03. The second kappa shape index (κ2) is 6.83. The van der Waals surface area contributed by atoms with E-state index < -0.39 is 6.04 Å². The van der Waals surface area contributed by atoms with Crippen molar-refractivity contribution in [3.05, 3.63) is 29.8 Å². The molecule has 1 aromatic rings. The second-order valence-corrected chi connectivity index (χ2v) is 5.42. The predicted octanol–water partition coefficient (Wildman–Crippen LogP) is 2.04. The average Bonchev–Trinajstić information content (AvgIpc) is 2.92. The summed E-state index contributed by atoms with van der Waals surface area (Å²) in [5.41, 5.74) is 7.53. The monoisotopic (exact) mass is 278 g/mol. The van der Waals surface area contributed by atoms with Crippen LogP contribution in [0.15, 0.2) is 24.3 Å². The van der Waals surface area contributed by atoms with Crippen molar-refractivity contribution in [1.82, 2.24) is 0 Å². The molecule has 1 fully saturated rings. The van der Waals surface area contributed by atoms with Crippen LogP contribution in [0.4, 0.5) is 5.69 Å². The van der Waals surface area contributed by atoms with Gasteiger partial charge in [-0.1, -0.05) is 26.0 Å². The van der Waals surface area contributed by atoms with E-state index in [1.54, 1.807) is 0 Å². The number of rotatable bonds is 5. The third-order valence-electron chi connectivity index (χ3n) is 3.13. The van der Waals surface area contributed by atoms with E-state index in [2.05, 4.69) is 5.32 Å². The van der Waals surface area contributed by atoms with Gasteiger partial charge in [-0.15, -0.1) is 0 Å². The van der Waals surface area contributed by atoms with Crippen LogP contribution in [0, 0.1) is 5.92 Å². The second-order valence-electron chi connectivity index (χ2n) is 5.42. The van der Waals surface area contributed by atoms with Gasteiger partial charge in [0, 0.05) is 11.3 Å². The zero-order valence-corrected chi connectivity index (χ0v) is 12.0. The summed E-state index contributed by atoms with van der Waals surface area (Å²) in [6, 6.07) is 6.97. The largest absolute Gasteiger partial charge is 0.346 e. The van der Waals surface area contributed by atoms with Crippen LogP contribution in [0.1, 0.15) is 32.1 Å². The molecule has 1 atom stereocenters. The van der Waals surface area contributed by atoms with Gasteiger partial charge in [-0.3, -0.25) is 4.79 Å². The highest BCUT2D eigenvalue weighted by atomic mass is 16.7. The lowest BCUT2D eigenvalue weighted by Crippen LogP contribution is -2.36. The maximum absolute atomic E-state index is 11.9. The van der Waals surface area contributed by atoms with Gasteiger partial charge in [0.25, 0.3) is 0 Å². The Bertz CT molecular complexity index is 439. The van der Waals surface area contributed by atoms with Gasteiger partial charge >= 0.3 is 0 Å². The lowest BCUT2D eigenvalue weighted by atomic mass is 10.0. The van der Waals surface area contributed by atoms with Crippen molar-refractivity contribution in [2.24, 2.45) is 11.7 Å². The standard InChI is InChI=1S/C15H22N2O3/c1-10(2)9-13(16)14(18)17-12-5-3-11(4-6-12)15-19-7-8-20-15/h3-6,10,13,15H,7-9,16H2,1-2H3,(H,17,18)/t13-/m0/s1. The quantitative estimate of drug-likeness (QED) is 0.864. The van der Waals surface area contributed by atoms with Gasteiger partial charge in [0.1, 0.15) is 0 Å². The summed E-state index contributed by atoms with van der Waals surface area (Å²) < 4.78 is 10.8. The molecule has 110 valence electrons. The highest BCUT2D eigenvalue weighted by Crippen LogP contribution is 2.24. The SMILES string of the molecule is CC(C)C[C@H](N)C(=O)Nc1ccc(C2OCCO2)cc1. The highest BCUT2D eigenvalue weighted by molar-refractivity contribution is 5.94. The predicted molar refractivity (Wildman–Crippen MR) is 77.1 cm³/mol. The molecule has 5 heteroatoms. The van der Waals surface area contributed by atoms with Crippen LogP contribution in [-0.4, -0.2) is 25.2 Å². The summed E-state index contributed by atoms with van der Waals surface area (Å²) in [4.78, 5) is 11.9. The van der Waals surface area contributed by atoms with Crippen LogP contribution in [0.5, 0.6) is 0 Å². The van der Waals surface area contributed by atoms with Crippen molar-refractivity contribution in [2.45, 2.75) is 32.6 Å². The van der Waals surface area contributed by atoms with E-state index in [0.29, 0.717) is 25.6 Å². The van der Waals surface area contributed by atoms with E-state index in [1.807, 2.05) is 38.1 Å². The average molecular weight is 278 g/mol. The Labute approximate surface area is 119 Å². The number of carbonyl (C=O) groups is 1. The van der Waals surface area contributed by atoms with Crippen molar-refractivity contribution < 1.29 is 14.3 Å². The van der Waals surface area contributed by atoms with Crippen molar-refractivity contribution in [1.29, 1.82) is 0 Å². The minimum atomic E-state index is -0.476. The molecule has 1 aliphatic heterocycles. The van der Waals surface area contributed by atoms with E-state index in [1.165, 1.54) is 0 Å². The molecular formula is C15H22N2O3. The van der Waals surface area contributed by atoms with E-state index >= 15 is 0 Å². The number of ether oxygens (including phenoxy) is 2. The maximum Gasteiger partial charge on any atom is 0.241 e. The molecule has 1 heterocycles. The third-order valence-corrected chi connectivity index (χ3v) is 3.13. The van der Waals surface area contributed by atoms with Crippen LogP contribution < -0.4 is 11.1 Å². The summed E-state index contributed by atoms with van der Waals surface area (Å²) in [5.74, 6) is 0.245. The Balaban J connectivity index is 1.91. The van der Waals surface area contributed by atoms with Crippen LogP contribution in [-0.2, 0) is 14.3 Å². The van der Waals surface area contributed by atoms with Gasteiger partial charge < -0.3 is 20.5 Å². The molecule has 0 aromatic heterocycles. The molecule has 20 heavy (non-hydrogen) atoms. The van der Waals surface area contributed by atoms with E-state index in [4.69, 9.17) is 15.2 Å². The first kappa shape index (κ1) is 15.0. The van der Waals surface area contributed by atoms with E-state index in [0.717, 1.165) is 11.3 Å². The van der Waals surface area contributed by atoms with Gasteiger partial charge in [0.05, 0.1) is 19.3 Å². The van der Waals surface area contributed by atoms with Crippen LogP contribution in [0.25, 0.3) is 0 Å². The summed E-state index contributed by atoms with van der Waals surface area (Å²) in [5, 5.41) is 2.82. The number of hydrogen-bond donors (Lipinski definition) is 2. The molecule has 0 spiro atoms. The normalized spacial score (nSPS) is 17.4. The molecule has 5 nitrogen and oxygen atoms in total. The van der Waals surface area contributed by atoms with Crippen molar-refractivity contribution in [3.8, 4) is 0 Å². The fraction of sp³-hybridized carbons (Fsp3) is 0.533. The molecule has 0 aliphatic carbocycles. The molecule has 1 saturated heterocycles. The summed E-state index contributed by atoms with van der Waals surface area (Å²) in [6.07, 6.45) is 0.385. The number of anilines is 1. The molecule has 0 unspecified atom stereocenters. The molecule has 0 bridgehead atoms. The molecular weight excluding hydrogens is 256 g/mol. The van der Waals surface area contributed by atoms with Crippen LogP contribution in [0.3, 0.4) is 0 Å². The number of nitrogens with two attached hydrogens (primary N) is 1. The van der Waals surface area contributed by atoms with Crippen molar-refractivity contribution in [3.63, 3.8) is 0 Å². The van der Waals surface area contributed by atoms with Crippen molar-refractivity contribution in [2.75, 3.05) is 18.5 Å². The smallest absolute Gasteiger partial charge is 0.241 e. The number of benzene rings is 1. The summed E-state index contributed by atoms with van der Waals surface area (Å²) in [6.45, 7) is 5.33. The van der Waals surface area contributed by atoms with Crippen LogP contribution >= 0.6 is 0 Å². The highest BCUT2D eigenvalue weighted by Gasteiger charge is 2.18. The topological polar surface area (TPSA) is 73.6 Å². The molecule has 1 amide bonds. The molecule has 3 N–H and O–H groups in total. The van der Waals surface area contributed by atoms with Gasteiger partial charge in [-0.05, 0) is 24.5 Å². The Morgan fingerprint density at radius 3 is 2.45 bits per heavy atom. The van der Waals surface area contributed by atoms with Crippen LogP contribution in [0.2, 0.25) is 0 Å². The molecule has 2 rings (SSSR count). The summed E-state index contributed by atoms with van der Waals surface area (Å²) >= 11 is 0. The number of amides is 1. The zero-order chi connectivity index (χ0) is 14.5. The van der Waals surface area contributed by atoms with Gasteiger partial charge in [-0.2, -0.15) is 0 Å². The Hall–Kier alpha value is -1.43. The first-order valence-corrected chi connectivity index (χ1v) is 6.96. The van der Waals surface area contributed by atoms with E-state index in [9.17, 15) is 4.79 Å². The molecule has 0 radical (unpaired) electrons. The number of carbonyl (C=O) groups excluding carboxylic acids is 1.